The van der Waals surface area contributed by atoms with E-state index in [0.717, 1.165) is 6.42 Å². The summed E-state index contributed by atoms with van der Waals surface area (Å²) in [6.07, 6.45) is 0.932. The fourth-order valence-corrected chi connectivity index (χ4v) is 2.13. The van der Waals surface area contributed by atoms with Crippen LogP contribution in [-0.4, -0.2) is 43.7 Å². The van der Waals surface area contributed by atoms with Crippen LogP contribution in [0.1, 0.15) is 23.7 Å². The van der Waals surface area contributed by atoms with Crippen molar-refractivity contribution < 1.29 is 18.7 Å². The highest BCUT2D eigenvalue weighted by atomic mass is 19.1. The zero-order valence-corrected chi connectivity index (χ0v) is 11.2. The second-order valence-corrected chi connectivity index (χ2v) is 4.50. The van der Waals surface area contributed by atoms with E-state index >= 15 is 0 Å². The number of halogens is 1. The molecule has 1 atom stereocenters. The number of hydrogen-bond acceptors (Lipinski definition) is 3. The number of benzene rings is 1. The topological polar surface area (TPSA) is 38.8 Å². The van der Waals surface area contributed by atoms with Crippen LogP contribution >= 0.6 is 0 Å². The lowest BCUT2D eigenvalue weighted by molar-refractivity contribution is -0.0226. The van der Waals surface area contributed by atoms with Gasteiger partial charge in [0.1, 0.15) is 0 Å². The van der Waals surface area contributed by atoms with Crippen LogP contribution in [0.5, 0.6) is 5.75 Å². The predicted molar refractivity (Wildman–Crippen MR) is 68.9 cm³/mol. The molecule has 0 aliphatic carbocycles. The predicted octanol–water partition coefficient (Wildman–Crippen LogP) is 2.09. The first-order chi connectivity index (χ1) is 9.15. The maximum Gasteiger partial charge on any atom is 0.254 e. The van der Waals surface area contributed by atoms with E-state index in [1.165, 1.54) is 19.2 Å². The van der Waals surface area contributed by atoms with Crippen molar-refractivity contribution in [3.8, 4) is 5.75 Å². The summed E-state index contributed by atoms with van der Waals surface area (Å²) in [5.41, 5.74) is 0.343. The normalized spacial score (nSPS) is 19.3. The first-order valence-electron chi connectivity index (χ1n) is 6.40. The molecule has 0 bridgehead atoms. The Labute approximate surface area is 112 Å². The van der Waals surface area contributed by atoms with Gasteiger partial charge in [-0.1, -0.05) is 6.92 Å². The summed E-state index contributed by atoms with van der Waals surface area (Å²) >= 11 is 0. The summed E-state index contributed by atoms with van der Waals surface area (Å²) in [6.45, 7) is 3.65. The largest absolute Gasteiger partial charge is 0.494 e. The van der Waals surface area contributed by atoms with Crippen LogP contribution in [0.25, 0.3) is 0 Å². The van der Waals surface area contributed by atoms with Crippen molar-refractivity contribution in [2.24, 2.45) is 0 Å². The smallest absolute Gasteiger partial charge is 0.254 e. The van der Waals surface area contributed by atoms with Gasteiger partial charge in [-0.05, 0) is 24.6 Å². The van der Waals surface area contributed by atoms with Crippen molar-refractivity contribution in [2.75, 3.05) is 26.8 Å². The third kappa shape index (κ3) is 3.04. The second-order valence-electron chi connectivity index (χ2n) is 4.50. The average molecular weight is 267 g/mol. The molecule has 4 nitrogen and oxygen atoms in total. The van der Waals surface area contributed by atoms with Crippen LogP contribution in [0.3, 0.4) is 0 Å². The van der Waals surface area contributed by atoms with Crippen LogP contribution in [0, 0.1) is 5.82 Å². The molecule has 1 heterocycles. The van der Waals surface area contributed by atoms with E-state index in [2.05, 4.69) is 0 Å². The molecule has 1 amide bonds. The molecule has 1 fully saturated rings. The lowest BCUT2D eigenvalue weighted by Gasteiger charge is -2.32. The zero-order chi connectivity index (χ0) is 13.8. The van der Waals surface area contributed by atoms with Crippen molar-refractivity contribution in [1.29, 1.82) is 0 Å². The van der Waals surface area contributed by atoms with Crippen molar-refractivity contribution >= 4 is 5.91 Å². The second kappa shape index (κ2) is 6.02. The third-order valence-corrected chi connectivity index (χ3v) is 3.28. The molecule has 0 N–H and O–H groups in total. The van der Waals surface area contributed by atoms with Crippen molar-refractivity contribution in [3.05, 3.63) is 29.6 Å². The van der Waals surface area contributed by atoms with Gasteiger partial charge in [-0.25, -0.2) is 4.39 Å². The van der Waals surface area contributed by atoms with Gasteiger partial charge in [-0.15, -0.1) is 0 Å². The molecule has 0 spiro atoms. The Morgan fingerprint density at radius 2 is 2.37 bits per heavy atom. The quantitative estimate of drug-likeness (QED) is 0.841. The van der Waals surface area contributed by atoms with Gasteiger partial charge < -0.3 is 14.4 Å². The van der Waals surface area contributed by atoms with E-state index in [-0.39, 0.29) is 17.8 Å². The SMILES string of the molecule is CC[C@@H]1CN(C(=O)c2ccc(OC)c(F)c2)CCO1. The minimum atomic E-state index is -0.520. The molecule has 1 saturated heterocycles. The van der Waals surface area contributed by atoms with Gasteiger partial charge in [-0.3, -0.25) is 4.79 Å². The number of nitrogens with zero attached hydrogens (tertiary/aromatic N) is 1. The molecule has 0 aromatic heterocycles. The van der Waals surface area contributed by atoms with Gasteiger partial charge in [-0.2, -0.15) is 0 Å². The van der Waals surface area contributed by atoms with Crippen LogP contribution in [0.15, 0.2) is 18.2 Å². The van der Waals surface area contributed by atoms with E-state index in [1.807, 2.05) is 6.92 Å². The molecular formula is C14H18FNO3. The highest BCUT2D eigenvalue weighted by Crippen LogP contribution is 2.19. The maximum absolute atomic E-state index is 13.6. The number of ether oxygens (including phenoxy) is 2. The molecule has 2 rings (SSSR count). The number of carbonyl (C=O) groups is 1. The Hall–Kier alpha value is -1.62. The van der Waals surface area contributed by atoms with Crippen LogP contribution in [-0.2, 0) is 4.74 Å². The summed E-state index contributed by atoms with van der Waals surface area (Å²) in [5.74, 6) is -0.540. The Kier molecular flexibility index (Phi) is 4.37. The standard InChI is InChI=1S/C14H18FNO3/c1-3-11-9-16(6-7-19-11)14(17)10-4-5-13(18-2)12(15)8-10/h4-5,8,11H,3,6-7,9H2,1-2H3/t11-/m1/s1. The van der Waals surface area contributed by atoms with Crippen molar-refractivity contribution in [1.82, 2.24) is 4.90 Å². The molecule has 5 heteroatoms. The van der Waals surface area contributed by atoms with Crippen molar-refractivity contribution in [3.63, 3.8) is 0 Å². The molecule has 0 unspecified atom stereocenters. The molecule has 1 aliphatic rings. The van der Waals surface area contributed by atoms with E-state index in [9.17, 15) is 9.18 Å². The van der Waals surface area contributed by atoms with Crippen LogP contribution < -0.4 is 4.74 Å². The number of morpholine rings is 1. The summed E-state index contributed by atoms with van der Waals surface area (Å²) in [5, 5.41) is 0. The van der Waals surface area contributed by atoms with Gasteiger partial charge in [0.05, 0.1) is 19.8 Å². The highest BCUT2D eigenvalue weighted by molar-refractivity contribution is 5.94. The average Bonchev–Trinajstić information content (AvgIpc) is 2.46. The number of carbonyl (C=O) groups excluding carboxylic acids is 1. The first kappa shape index (κ1) is 13.8. The highest BCUT2D eigenvalue weighted by Gasteiger charge is 2.24. The van der Waals surface area contributed by atoms with E-state index < -0.39 is 5.82 Å². The van der Waals surface area contributed by atoms with Crippen LogP contribution in [0.4, 0.5) is 4.39 Å². The first-order valence-corrected chi connectivity index (χ1v) is 6.40. The Bertz CT molecular complexity index is 464. The lowest BCUT2D eigenvalue weighted by Crippen LogP contribution is -2.45. The molecule has 1 aromatic carbocycles. The van der Waals surface area contributed by atoms with Crippen molar-refractivity contribution in [2.45, 2.75) is 19.4 Å². The van der Waals surface area contributed by atoms with Gasteiger partial charge in [0.15, 0.2) is 11.6 Å². The molecule has 104 valence electrons. The summed E-state index contributed by atoms with van der Waals surface area (Å²) < 4.78 is 24.0. The zero-order valence-electron chi connectivity index (χ0n) is 11.2. The molecule has 1 aliphatic heterocycles. The van der Waals surface area contributed by atoms with Gasteiger partial charge in [0.25, 0.3) is 5.91 Å². The fourth-order valence-electron chi connectivity index (χ4n) is 2.13. The number of methoxy groups -OCH3 is 1. The van der Waals surface area contributed by atoms with Gasteiger partial charge in [0.2, 0.25) is 0 Å². The summed E-state index contributed by atoms with van der Waals surface area (Å²) in [7, 11) is 1.40. The Morgan fingerprint density at radius 3 is 3.00 bits per heavy atom. The van der Waals surface area contributed by atoms with Gasteiger partial charge >= 0.3 is 0 Å². The van der Waals surface area contributed by atoms with E-state index in [0.29, 0.717) is 25.3 Å². The Balaban J connectivity index is 2.12. The maximum atomic E-state index is 13.6. The monoisotopic (exact) mass is 267 g/mol. The minimum absolute atomic E-state index is 0.0702. The molecule has 19 heavy (non-hydrogen) atoms. The van der Waals surface area contributed by atoms with Gasteiger partial charge in [0, 0.05) is 18.7 Å². The third-order valence-electron chi connectivity index (χ3n) is 3.28. The number of hydrogen-bond donors (Lipinski definition) is 0. The fraction of sp³-hybridized carbons (Fsp3) is 0.500. The van der Waals surface area contributed by atoms with E-state index in [1.54, 1.807) is 11.0 Å². The summed E-state index contributed by atoms with van der Waals surface area (Å²) in [4.78, 5) is 14.0. The summed E-state index contributed by atoms with van der Waals surface area (Å²) in [6, 6.07) is 4.28. The lowest BCUT2D eigenvalue weighted by atomic mass is 10.1. The number of amides is 1. The van der Waals surface area contributed by atoms with E-state index in [4.69, 9.17) is 9.47 Å². The number of rotatable bonds is 3. The molecule has 1 aromatic rings. The molecule has 0 saturated carbocycles. The molecule has 0 radical (unpaired) electrons. The Morgan fingerprint density at radius 1 is 1.58 bits per heavy atom. The molecular weight excluding hydrogens is 249 g/mol. The van der Waals surface area contributed by atoms with Crippen LogP contribution in [0.2, 0.25) is 0 Å². The minimum Gasteiger partial charge on any atom is -0.494 e.